The predicted molar refractivity (Wildman–Crippen MR) is 104 cm³/mol. The summed E-state index contributed by atoms with van der Waals surface area (Å²) >= 11 is 0. The van der Waals surface area contributed by atoms with Crippen LogP contribution in [-0.2, 0) is 7.05 Å². The van der Waals surface area contributed by atoms with Gasteiger partial charge in [-0.3, -0.25) is 10.1 Å². The molecule has 27 heavy (non-hydrogen) atoms. The second kappa shape index (κ2) is 6.30. The summed E-state index contributed by atoms with van der Waals surface area (Å²) in [5, 5.41) is 17.4. The molecule has 5 rings (SSSR count). The molecular weight excluding hydrogens is 336 g/mol. The Morgan fingerprint density at radius 2 is 2.11 bits per heavy atom. The van der Waals surface area contributed by atoms with Gasteiger partial charge in [-0.1, -0.05) is 24.6 Å². The number of benzene rings is 1. The SMILES string of the molecule is Cc1nccc2c(-c3cccc([C@H](c4nncn4C)C4CCC4)c3)n[nH]c12. The van der Waals surface area contributed by atoms with Gasteiger partial charge in [-0.25, -0.2) is 0 Å². The lowest BCUT2D eigenvalue weighted by Crippen LogP contribution is -2.23. The minimum Gasteiger partial charge on any atom is -0.320 e. The summed E-state index contributed by atoms with van der Waals surface area (Å²) in [5.74, 6) is 1.95. The van der Waals surface area contributed by atoms with E-state index >= 15 is 0 Å². The highest BCUT2D eigenvalue weighted by molar-refractivity contribution is 5.93. The fraction of sp³-hybridized carbons (Fsp3) is 0.333. The summed E-state index contributed by atoms with van der Waals surface area (Å²) in [6.45, 7) is 2.00. The Kier molecular flexibility index (Phi) is 3.77. The number of aryl methyl sites for hydroxylation is 2. The Labute approximate surface area is 157 Å². The Hall–Kier alpha value is -3.02. The van der Waals surface area contributed by atoms with Crippen molar-refractivity contribution in [3.63, 3.8) is 0 Å². The van der Waals surface area contributed by atoms with Gasteiger partial charge in [0.15, 0.2) is 0 Å². The third-order valence-electron chi connectivity index (χ3n) is 5.84. The van der Waals surface area contributed by atoms with Gasteiger partial charge >= 0.3 is 0 Å². The molecule has 1 N–H and O–H groups in total. The molecule has 6 heteroatoms. The zero-order valence-electron chi connectivity index (χ0n) is 15.6. The van der Waals surface area contributed by atoms with Crippen molar-refractivity contribution in [2.75, 3.05) is 0 Å². The number of pyridine rings is 1. The van der Waals surface area contributed by atoms with Crippen LogP contribution in [0.2, 0.25) is 0 Å². The molecule has 3 heterocycles. The topological polar surface area (TPSA) is 72.3 Å². The molecule has 1 saturated carbocycles. The monoisotopic (exact) mass is 358 g/mol. The number of H-pyrrole nitrogens is 1. The number of fused-ring (bicyclic) bond motifs is 1. The second-order valence-electron chi connectivity index (χ2n) is 7.49. The van der Waals surface area contributed by atoms with Crippen molar-refractivity contribution in [3.05, 3.63) is 59.9 Å². The van der Waals surface area contributed by atoms with Gasteiger partial charge in [-0.15, -0.1) is 10.2 Å². The standard InChI is InChI=1S/C21H22N6/c1-13-19-17(9-10-22-13)20(25-24-19)16-8-4-7-15(11-16)18(14-5-3-6-14)21-26-23-12-27(21)2/h4,7-12,14,18H,3,5-6H2,1-2H3,(H,24,25)/t18-/m1/s1. The average molecular weight is 358 g/mol. The lowest BCUT2D eigenvalue weighted by atomic mass is 9.72. The molecule has 3 aromatic heterocycles. The summed E-state index contributed by atoms with van der Waals surface area (Å²) in [5.41, 5.74) is 5.35. The smallest absolute Gasteiger partial charge is 0.140 e. The van der Waals surface area contributed by atoms with Crippen molar-refractivity contribution in [2.45, 2.75) is 32.1 Å². The van der Waals surface area contributed by atoms with Crippen LogP contribution in [0, 0.1) is 12.8 Å². The lowest BCUT2D eigenvalue weighted by molar-refractivity contribution is 0.274. The number of aromatic amines is 1. The number of nitrogens with zero attached hydrogens (tertiary/aromatic N) is 5. The van der Waals surface area contributed by atoms with E-state index in [-0.39, 0.29) is 5.92 Å². The van der Waals surface area contributed by atoms with E-state index in [9.17, 15) is 0 Å². The van der Waals surface area contributed by atoms with Crippen LogP contribution < -0.4 is 0 Å². The van der Waals surface area contributed by atoms with Gasteiger partial charge in [0.2, 0.25) is 0 Å². The normalized spacial score (nSPS) is 15.8. The summed E-state index contributed by atoms with van der Waals surface area (Å²) in [6.07, 6.45) is 7.43. The molecule has 1 atom stereocenters. The molecule has 0 amide bonds. The van der Waals surface area contributed by atoms with Crippen molar-refractivity contribution in [2.24, 2.45) is 13.0 Å². The average Bonchev–Trinajstić information content (AvgIpc) is 3.25. The van der Waals surface area contributed by atoms with Crippen molar-refractivity contribution in [1.82, 2.24) is 29.9 Å². The van der Waals surface area contributed by atoms with Crippen LogP contribution in [0.1, 0.15) is 42.3 Å². The predicted octanol–water partition coefficient (Wildman–Crippen LogP) is 3.99. The summed E-state index contributed by atoms with van der Waals surface area (Å²) in [7, 11) is 2.03. The Morgan fingerprint density at radius 3 is 2.85 bits per heavy atom. The van der Waals surface area contributed by atoms with Crippen LogP contribution in [0.15, 0.2) is 42.9 Å². The molecule has 4 aromatic rings. The van der Waals surface area contributed by atoms with Gasteiger partial charge in [0.25, 0.3) is 0 Å². The Balaban J connectivity index is 1.62. The number of hydrogen-bond acceptors (Lipinski definition) is 4. The fourth-order valence-electron chi connectivity index (χ4n) is 4.16. The molecular formula is C21H22N6. The minimum atomic E-state index is 0.278. The first-order chi connectivity index (χ1) is 13.2. The van der Waals surface area contributed by atoms with Crippen LogP contribution in [-0.4, -0.2) is 29.9 Å². The van der Waals surface area contributed by atoms with E-state index in [1.54, 1.807) is 6.33 Å². The van der Waals surface area contributed by atoms with Gasteiger partial charge in [0.1, 0.15) is 17.8 Å². The molecule has 6 nitrogen and oxygen atoms in total. The molecule has 0 unspecified atom stereocenters. The maximum absolute atomic E-state index is 4.59. The first-order valence-electron chi connectivity index (χ1n) is 9.46. The molecule has 1 aromatic carbocycles. The van der Waals surface area contributed by atoms with Crippen molar-refractivity contribution in [3.8, 4) is 11.3 Å². The third kappa shape index (κ3) is 2.63. The van der Waals surface area contributed by atoms with Crippen LogP contribution >= 0.6 is 0 Å². The molecule has 0 spiro atoms. The summed E-state index contributed by atoms with van der Waals surface area (Å²) in [4.78, 5) is 4.36. The van der Waals surface area contributed by atoms with Gasteiger partial charge in [-0.2, -0.15) is 5.10 Å². The summed E-state index contributed by atoms with van der Waals surface area (Å²) in [6, 6.07) is 10.8. The van der Waals surface area contributed by atoms with Gasteiger partial charge in [-0.05, 0) is 43.4 Å². The molecule has 0 aliphatic heterocycles. The van der Waals surface area contributed by atoms with E-state index in [4.69, 9.17) is 0 Å². The van der Waals surface area contributed by atoms with Gasteiger partial charge in [0.05, 0.1) is 11.2 Å². The van der Waals surface area contributed by atoms with Crippen molar-refractivity contribution in [1.29, 1.82) is 0 Å². The molecule has 0 bridgehead atoms. The largest absolute Gasteiger partial charge is 0.320 e. The van der Waals surface area contributed by atoms with Gasteiger partial charge < -0.3 is 4.57 Å². The van der Waals surface area contributed by atoms with Crippen LogP contribution in [0.25, 0.3) is 22.2 Å². The van der Waals surface area contributed by atoms with Crippen molar-refractivity contribution >= 4 is 10.9 Å². The Bertz CT molecular complexity index is 1100. The van der Waals surface area contributed by atoms with Gasteiger partial charge in [0, 0.05) is 30.1 Å². The van der Waals surface area contributed by atoms with E-state index in [1.807, 2.05) is 26.2 Å². The Morgan fingerprint density at radius 1 is 1.22 bits per heavy atom. The highest BCUT2D eigenvalue weighted by Crippen LogP contribution is 2.43. The zero-order chi connectivity index (χ0) is 18.4. The van der Waals surface area contributed by atoms with E-state index in [0.717, 1.165) is 33.7 Å². The molecule has 1 aliphatic rings. The first-order valence-corrected chi connectivity index (χ1v) is 9.46. The van der Waals surface area contributed by atoms with Crippen LogP contribution in [0.4, 0.5) is 0 Å². The second-order valence-corrected chi connectivity index (χ2v) is 7.49. The minimum absolute atomic E-state index is 0.278. The maximum atomic E-state index is 4.59. The fourth-order valence-corrected chi connectivity index (χ4v) is 4.16. The van der Waals surface area contributed by atoms with E-state index in [0.29, 0.717) is 5.92 Å². The highest BCUT2D eigenvalue weighted by atomic mass is 15.2. The van der Waals surface area contributed by atoms with Crippen molar-refractivity contribution < 1.29 is 0 Å². The van der Waals surface area contributed by atoms with E-state index in [2.05, 4.69) is 54.2 Å². The lowest BCUT2D eigenvalue weighted by Gasteiger charge is -2.33. The molecule has 136 valence electrons. The zero-order valence-corrected chi connectivity index (χ0v) is 15.6. The summed E-state index contributed by atoms with van der Waals surface area (Å²) < 4.78 is 2.05. The highest BCUT2D eigenvalue weighted by Gasteiger charge is 2.33. The number of hydrogen-bond donors (Lipinski definition) is 1. The van der Waals surface area contributed by atoms with E-state index < -0.39 is 0 Å². The molecule has 0 saturated heterocycles. The third-order valence-corrected chi connectivity index (χ3v) is 5.84. The van der Waals surface area contributed by atoms with E-state index in [1.165, 1.54) is 24.8 Å². The molecule has 0 radical (unpaired) electrons. The van der Waals surface area contributed by atoms with Crippen LogP contribution in [0.5, 0.6) is 0 Å². The number of rotatable bonds is 4. The van der Waals surface area contributed by atoms with Crippen LogP contribution in [0.3, 0.4) is 0 Å². The molecule has 1 fully saturated rings. The maximum Gasteiger partial charge on any atom is 0.140 e. The molecule has 1 aliphatic carbocycles. The number of nitrogens with one attached hydrogen (secondary N) is 1. The first kappa shape index (κ1) is 16.2. The quantitative estimate of drug-likeness (QED) is 0.599. The number of aromatic nitrogens is 6.